The normalized spacial score (nSPS) is 11.8. The highest BCUT2D eigenvalue weighted by Gasteiger charge is 2.29. The molecule has 0 aliphatic carbocycles. The molecule has 136 heavy (non-hydrogen) atoms. The SMILES string of the molecule is c1ccc(-c2cc(-c3ccccc3)cc(-c3nc(-c4ccccc4)nc(-c4ccc(-c5nc6ccccc6c6c(-c7cccc8c7oc7ccccc78)c7c(cc56)oc5ccccc57)cc4)n3)c2)cc1.c1ccc2c(-c3nc(-c4ccc(-c5nc6ccccc6c6c(-c7cccc8c7oc7ccccc78)c7c(cc56)oc5ccccc57)cc4)nc(-c4cccc5ccccc45)n3)cccc2c1. The van der Waals surface area contributed by atoms with Gasteiger partial charge in [-0.3, -0.25) is 0 Å². The van der Waals surface area contributed by atoms with E-state index in [9.17, 15) is 0 Å². The zero-order valence-corrected chi connectivity index (χ0v) is 72.8. The maximum absolute atomic E-state index is 6.77. The summed E-state index contributed by atoms with van der Waals surface area (Å²) in [6, 6.07) is 151. The van der Waals surface area contributed by atoms with Crippen LogP contribution in [0.4, 0.5) is 0 Å². The smallest absolute Gasteiger partial charge is 0.164 e. The number of benzene rings is 20. The minimum atomic E-state index is 0.573. The molecule has 0 fully saturated rings. The molecule has 632 valence electrons. The van der Waals surface area contributed by atoms with Crippen LogP contribution in [0.15, 0.2) is 454 Å². The van der Waals surface area contributed by atoms with Crippen LogP contribution in [-0.2, 0) is 0 Å². The van der Waals surface area contributed by atoms with Crippen LogP contribution >= 0.6 is 0 Å². The van der Waals surface area contributed by atoms with Crippen LogP contribution in [0.2, 0.25) is 0 Å². The fraction of sp³-hybridized carbons (Fsp3) is 0. The van der Waals surface area contributed by atoms with Crippen molar-refractivity contribution in [1.29, 1.82) is 0 Å². The van der Waals surface area contributed by atoms with Crippen molar-refractivity contribution in [2.24, 2.45) is 0 Å². The van der Waals surface area contributed by atoms with E-state index in [2.05, 4.69) is 346 Å². The Balaban J connectivity index is 0.000000138. The van der Waals surface area contributed by atoms with Crippen LogP contribution in [0.1, 0.15) is 0 Å². The van der Waals surface area contributed by atoms with Gasteiger partial charge < -0.3 is 17.7 Å². The van der Waals surface area contributed by atoms with E-state index in [1.807, 2.05) is 91.0 Å². The van der Waals surface area contributed by atoms with E-state index >= 15 is 0 Å². The van der Waals surface area contributed by atoms with Gasteiger partial charge in [-0.05, 0) is 111 Å². The highest BCUT2D eigenvalue weighted by Crippen LogP contribution is 2.53. The number of rotatable bonds is 12. The van der Waals surface area contributed by atoms with Crippen molar-refractivity contribution in [2.75, 3.05) is 0 Å². The Morgan fingerprint density at radius 3 is 0.875 bits per heavy atom. The van der Waals surface area contributed by atoms with Crippen molar-refractivity contribution in [2.45, 2.75) is 0 Å². The molecule has 0 saturated heterocycles. The monoisotopic (exact) mass is 1740 g/mol. The van der Waals surface area contributed by atoms with Gasteiger partial charge in [-0.25, -0.2) is 39.9 Å². The third-order valence-electron chi connectivity index (χ3n) is 26.6. The predicted molar refractivity (Wildman–Crippen MR) is 555 cm³/mol. The minimum Gasteiger partial charge on any atom is -0.456 e. The Bertz CT molecular complexity index is 9590. The number of nitrogens with zero attached hydrogens (tertiary/aromatic N) is 8. The number of hydrogen-bond donors (Lipinski definition) is 0. The van der Waals surface area contributed by atoms with Crippen molar-refractivity contribution >= 4 is 153 Å². The Labute approximate surface area is 777 Å². The second-order valence-corrected chi connectivity index (χ2v) is 34.5. The molecule has 8 heterocycles. The Kier molecular flexibility index (Phi) is 18.0. The molecule has 0 aliphatic rings. The summed E-state index contributed by atoms with van der Waals surface area (Å²) in [6.45, 7) is 0. The predicted octanol–water partition coefficient (Wildman–Crippen LogP) is 33.1. The van der Waals surface area contributed by atoms with Gasteiger partial charge in [0.25, 0.3) is 0 Å². The second-order valence-electron chi connectivity index (χ2n) is 34.5. The van der Waals surface area contributed by atoms with Crippen LogP contribution in [0.3, 0.4) is 0 Å². The van der Waals surface area contributed by atoms with Crippen LogP contribution in [-0.4, -0.2) is 39.9 Å². The fourth-order valence-corrected chi connectivity index (χ4v) is 20.3. The molecule has 0 bridgehead atoms. The molecule has 20 aromatic carbocycles. The number of pyridine rings is 2. The molecular formula is C124H72N8O4. The van der Waals surface area contributed by atoms with E-state index in [1.165, 1.54) is 0 Å². The summed E-state index contributed by atoms with van der Waals surface area (Å²) >= 11 is 0. The van der Waals surface area contributed by atoms with E-state index in [4.69, 9.17) is 57.5 Å². The van der Waals surface area contributed by atoms with Gasteiger partial charge in [0.2, 0.25) is 0 Å². The first-order valence-electron chi connectivity index (χ1n) is 45.6. The molecule has 0 aliphatic heterocycles. The fourth-order valence-electron chi connectivity index (χ4n) is 20.3. The van der Waals surface area contributed by atoms with Crippen molar-refractivity contribution in [1.82, 2.24) is 39.9 Å². The summed E-state index contributed by atoms with van der Waals surface area (Å²) in [5, 5.41) is 19.1. The lowest BCUT2D eigenvalue weighted by molar-refractivity contribution is 0.668. The molecule has 0 N–H and O–H groups in total. The molecular weight excluding hydrogens is 1670 g/mol. The summed E-state index contributed by atoms with van der Waals surface area (Å²) in [5.41, 5.74) is 25.9. The first-order chi connectivity index (χ1) is 67.4. The van der Waals surface area contributed by atoms with Gasteiger partial charge in [0.15, 0.2) is 34.9 Å². The van der Waals surface area contributed by atoms with Crippen LogP contribution in [0, 0.1) is 0 Å². The standard InChI is InChI=1S/C64H38N4O2.C60H34N4O2/c1-4-17-39(18-5-1)44-35-45(40-19-6-2-7-20-40)37-46(36-44)64-67-62(42-21-8-3-9-22-42)66-63(68-64)43-33-31-41(32-34-43)60-52-38-56-58(50-25-12-15-30-55(50)69-56)59(57(52)49-24-10-13-28-53(49)65-60)51-27-16-26-48-47-23-11-14-29-54(47)70-61(48)51;1-3-18-39-35(14-1)16-11-24-43(39)59-62-58(63-60(64-59)44-25-12-17-36-15-2-4-19-40(36)44)38-32-30-37(31-33-38)56-48-34-52-54(46-22-7-10-29-51(46)65-52)55(53(48)45-21-5-8-27-49(45)61-56)47-26-13-23-42-41-20-6-9-28-50(41)66-57(42)47/h1-38H;1-34H. The lowest BCUT2D eigenvalue weighted by Gasteiger charge is -2.16. The number of furan rings is 4. The van der Waals surface area contributed by atoms with Gasteiger partial charge in [-0.1, -0.05) is 370 Å². The average molecular weight is 1740 g/mol. The summed E-state index contributed by atoms with van der Waals surface area (Å²) in [4.78, 5) is 42.0. The average Bonchev–Trinajstić information content (AvgIpc) is 1.52. The lowest BCUT2D eigenvalue weighted by atomic mass is 9.89. The molecule has 0 radical (unpaired) electrons. The number of para-hydroxylation sites is 8. The number of aromatic nitrogens is 8. The molecule has 0 saturated carbocycles. The third-order valence-corrected chi connectivity index (χ3v) is 26.6. The van der Waals surface area contributed by atoms with Gasteiger partial charge in [-0.2, -0.15) is 0 Å². The van der Waals surface area contributed by atoms with Gasteiger partial charge >= 0.3 is 0 Å². The summed E-state index contributed by atoms with van der Waals surface area (Å²) in [6.07, 6.45) is 0. The molecule has 28 aromatic rings. The van der Waals surface area contributed by atoms with Crippen molar-refractivity contribution in [3.63, 3.8) is 0 Å². The van der Waals surface area contributed by atoms with E-state index in [0.29, 0.717) is 34.9 Å². The highest BCUT2D eigenvalue weighted by molar-refractivity contribution is 6.32. The molecule has 0 atom stereocenters. The topological polar surface area (TPSA) is 156 Å². The quantitative estimate of drug-likeness (QED) is 0.107. The summed E-state index contributed by atoms with van der Waals surface area (Å²) in [7, 11) is 0. The summed E-state index contributed by atoms with van der Waals surface area (Å²) in [5.74, 6) is 3.58. The van der Waals surface area contributed by atoms with Crippen molar-refractivity contribution < 1.29 is 17.7 Å². The van der Waals surface area contributed by atoms with Gasteiger partial charge in [0.05, 0.1) is 22.4 Å². The maximum atomic E-state index is 6.77. The zero-order chi connectivity index (χ0) is 89.4. The molecule has 0 unspecified atom stereocenters. The van der Waals surface area contributed by atoms with Crippen LogP contribution in [0.5, 0.6) is 0 Å². The third kappa shape index (κ3) is 13.0. The van der Waals surface area contributed by atoms with E-state index in [0.717, 1.165) is 253 Å². The van der Waals surface area contributed by atoms with Gasteiger partial charge in [0, 0.05) is 142 Å². The number of hydrogen-bond acceptors (Lipinski definition) is 12. The van der Waals surface area contributed by atoms with Gasteiger partial charge in [-0.15, -0.1) is 0 Å². The van der Waals surface area contributed by atoms with Crippen molar-refractivity contribution in [3.8, 4) is 135 Å². The Hall–Kier alpha value is -18.5. The molecule has 0 spiro atoms. The molecule has 12 nitrogen and oxygen atoms in total. The highest BCUT2D eigenvalue weighted by atomic mass is 16.3. The first-order valence-corrected chi connectivity index (χ1v) is 45.6. The van der Waals surface area contributed by atoms with Crippen LogP contribution < -0.4 is 0 Å². The van der Waals surface area contributed by atoms with E-state index in [1.54, 1.807) is 0 Å². The molecule has 28 rings (SSSR count). The minimum absolute atomic E-state index is 0.573. The first kappa shape index (κ1) is 77.4. The molecule has 0 amide bonds. The largest absolute Gasteiger partial charge is 0.456 e. The summed E-state index contributed by atoms with van der Waals surface area (Å²) < 4.78 is 27.0. The Morgan fingerprint density at radius 2 is 0.441 bits per heavy atom. The number of fused-ring (bicyclic) bond motifs is 20. The molecule has 8 aromatic heterocycles. The zero-order valence-electron chi connectivity index (χ0n) is 72.8. The van der Waals surface area contributed by atoms with Crippen molar-refractivity contribution in [3.05, 3.63) is 437 Å². The second kappa shape index (κ2) is 31.7. The van der Waals surface area contributed by atoms with E-state index < -0.39 is 0 Å². The van der Waals surface area contributed by atoms with Gasteiger partial charge in [0.1, 0.15) is 44.7 Å². The maximum Gasteiger partial charge on any atom is 0.164 e. The lowest BCUT2D eigenvalue weighted by Crippen LogP contribution is -2.01. The Morgan fingerprint density at radius 1 is 0.147 bits per heavy atom. The van der Waals surface area contributed by atoms with Crippen LogP contribution in [0.25, 0.3) is 288 Å². The van der Waals surface area contributed by atoms with E-state index in [-0.39, 0.29) is 0 Å². The molecule has 12 heteroatoms.